The second kappa shape index (κ2) is 5.81. The Bertz CT molecular complexity index is 373. The van der Waals surface area contributed by atoms with E-state index in [1.165, 1.54) is 5.94 Å². The zero-order valence-electron chi connectivity index (χ0n) is 9.86. The SMILES string of the molecule is COC(=O)C(=C=O)C(C)(C(=O)OC)C(=O)OC. The molecule has 7 heteroatoms. The number of carbonyl (C=O) groups excluding carboxylic acids is 4. The molecule has 0 atom stereocenters. The van der Waals surface area contributed by atoms with Gasteiger partial charge < -0.3 is 14.2 Å². The van der Waals surface area contributed by atoms with Gasteiger partial charge in [0, 0.05) is 0 Å². The van der Waals surface area contributed by atoms with Gasteiger partial charge in [0.2, 0.25) is 5.41 Å². The van der Waals surface area contributed by atoms with E-state index in [4.69, 9.17) is 0 Å². The maximum absolute atomic E-state index is 11.5. The van der Waals surface area contributed by atoms with Gasteiger partial charge in [0.05, 0.1) is 21.3 Å². The van der Waals surface area contributed by atoms with Gasteiger partial charge >= 0.3 is 17.9 Å². The topological polar surface area (TPSA) is 96.0 Å². The molecule has 0 amide bonds. The summed E-state index contributed by atoms with van der Waals surface area (Å²) in [7, 11) is 3.00. The molecule has 0 aliphatic heterocycles. The number of hydrogen-bond acceptors (Lipinski definition) is 7. The van der Waals surface area contributed by atoms with Crippen LogP contribution in [0.25, 0.3) is 0 Å². The molecule has 0 saturated heterocycles. The molecule has 0 rings (SSSR count). The molecule has 0 aromatic rings. The Hall–Kier alpha value is -2.14. The van der Waals surface area contributed by atoms with Crippen LogP contribution in [0.15, 0.2) is 5.57 Å². The maximum atomic E-state index is 11.5. The van der Waals surface area contributed by atoms with Crippen LogP contribution in [0.3, 0.4) is 0 Å². The standard InChI is InChI=1S/C10H12O7/c1-10(8(13)16-3,9(14)17-4)6(5-11)7(12)15-2/h1-4H3. The van der Waals surface area contributed by atoms with Gasteiger partial charge in [0.25, 0.3) is 0 Å². The fourth-order valence-electron chi connectivity index (χ4n) is 1.15. The Morgan fingerprint density at radius 3 is 1.59 bits per heavy atom. The third-order valence-corrected chi connectivity index (χ3v) is 2.18. The van der Waals surface area contributed by atoms with E-state index >= 15 is 0 Å². The fourth-order valence-corrected chi connectivity index (χ4v) is 1.15. The van der Waals surface area contributed by atoms with Crippen molar-refractivity contribution < 1.29 is 33.4 Å². The number of rotatable bonds is 4. The largest absolute Gasteiger partial charge is 0.468 e. The zero-order chi connectivity index (χ0) is 13.6. The van der Waals surface area contributed by atoms with Crippen LogP contribution in [0.5, 0.6) is 0 Å². The highest BCUT2D eigenvalue weighted by Gasteiger charge is 2.51. The Kier molecular flexibility index (Phi) is 5.08. The number of methoxy groups -OCH3 is 3. The first-order valence-corrected chi connectivity index (χ1v) is 4.40. The van der Waals surface area contributed by atoms with Crippen molar-refractivity contribution in [3.63, 3.8) is 0 Å². The first-order chi connectivity index (χ1) is 7.89. The van der Waals surface area contributed by atoms with Crippen molar-refractivity contribution in [3.05, 3.63) is 5.57 Å². The van der Waals surface area contributed by atoms with Crippen molar-refractivity contribution >= 4 is 23.8 Å². The van der Waals surface area contributed by atoms with Crippen LogP contribution in [-0.2, 0) is 33.4 Å². The lowest BCUT2D eigenvalue weighted by Gasteiger charge is -2.22. The van der Waals surface area contributed by atoms with Gasteiger partial charge in [-0.25, -0.2) is 9.59 Å². The van der Waals surface area contributed by atoms with Crippen LogP contribution in [0.2, 0.25) is 0 Å². The molecule has 0 aromatic carbocycles. The van der Waals surface area contributed by atoms with Gasteiger partial charge in [0.15, 0.2) is 0 Å². The van der Waals surface area contributed by atoms with Crippen molar-refractivity contribution in [2.45, 2.75) is 6.92 Å². The molecule has 0 bridgehead atoms. The van der Waals surface area contributed by atoms with Gasteiger partial charge in [-0.1, -0.05) is 0 Å². The lowest BCUT2D eigenvalue weighted by atomic mass is 9.82. The molecule has 0 radical (unpaired) electrons. The normalized spacial score (nSPS) is 9.88. The molecule has 7 nitrogen and oxygen atoms in total. The summed E-state index contributed by atoms with van der Waals surface area (Å²) in [6.45, 7) is 1.02. The van der Waals surface area contributed by atoms with E-state index < -0.39 is 28.9 Å². The van der Waals surface area contributed by atoms with Gasteiger partial charge in [-0.15, -0.1) is 0 Å². The van der Waals surface area contributed by atoms with E-state index in [0.29, 0.717) is 0 Å². The van der Waals surface area contributed by atoms with E-state index in [2.05, 4.69) is 14.2 Å². The van der Waals surface area contributed by atoms with Crippen LogP contribution in [-0.4, -0.2) is 45.2 Å². The molecule has 0 heterocycles. The fraction of sp³-hybridized carbons (Fsp3) is 0.500. The highest BCUT2D eigenvalue weighted by molar-refractivity contribution is 6.14. The average molecular weight is 244 g/mol. The predicted molar refractivity (Wildman–Crippen MR) is 53.4 cm³/mol. The smallest absolute Gasteiger partial charge is 0.346 e. The third-order valence-electron chi connectivity index (χ3n) is 2.18. The van der Waals surface area contributed by atoms with Crippen molar-refractivity contribution in [2.24, 2.45) is 5.41 Å². The minimum atomic E-state index is -2.20. The van der Waals surface area contributed by atoms with E-state index in [0.717, 1.165) is 28.3 Å². The Morgan fingerprint density at radius 1 is 0.941 bits per heavy atom. The molecule has 0 unspecified atom stereocenters. The summed E-state index contributed by atoms with van der Waals surface area (Å²) in [4.78, 5) is 45.1. The maximum Gasteiger partial charge on any atom is 0.346 e. The summed E-state index contributed by atoms with van der Waals surface area (Å²) < 4.78 is 13.0. The van der Waals surface area contributed by atoms with Crippen LogP contribution >= 0.6 is 0 Å². The van der Waals surface area contributed by atoms with Crippen LogP contribution in [0.1, 0.15) is 6.92 Å². The summed E-state index contributed by atoms with van der Waals surface area (Å²) in [5.41, 5.74) is -3.00. The molecular formula is C10H12O7. The first kappa shape index (κ1) is 14.9. The van der Waals surface area contributed by atoms with Crippen molar-refractivity contribution in [3.8, 4) is 0 Å². The summed E-state index contributed by atoms with van der Waals surface area (Å²) in [6, 6.07) is 0. The molecule has 0 saturated carbocycles. The second-order valence-corrected chi connectivity index (χ2v) is 3.08. The van der Waals surface area contributed by atoms with E-state index in [-0.39, 0.29) is 0 Å². The molecule has 0 fully saturated rings. The molecular weight excluding hydrogens is 232 g/mol. The van der Waals surface area contributed by atoms with Gasteiger partial charge in [-0.2, -0.15) is 0 Å². The number of esters is 3. The Morgan fingerprint density at radius 2 is 1.35 bits per heavy atom. The van der Waals surface area contributed by atoms with Gasteiger partial charge in [-0.05, 0) is 6.92 Å². The summed E-state index contributed by atoms with van der Waals surface area (Å²) in [5, 5.41) is 0. The van der Waals surface area contributed by atoms with Crippen LogP contribution in [0, 0.1) is 5.41 Å². The molecule has 0 spiro atoms. The first-order valence-electron chi connectivity index (χ1n) is 4.40. The highest BCUT2D eigenvalue weighted by Crippen LogP contribution is 2.29. The molecule has 17 heavy (non-hydrogen) atoms. The van der Waals surface area contributed by atoms with Crippen molar-refractivity contribution in [1.29, 1.82) is 0 Å². The second-order valence-electron chi connectivity index (χ2n) is 3.08. The monoisotopic (exact) mass is 244 g/mol. The lowest BCUT2D eigenvalue weighted by Crippen LogP contribution is -2.43. The Balaban J connectivity index is 5.78. The molecule has 0 aromatic heterocycles. The average Bonchev–Trinajstić information content (AvgIpc) is 2.36. The highest BCUT2D eigenvalue weighted by atomic mass is 16.5. The number of ether oxygens (including phenoxy) is 3. The summed E-state index contributed by atoms with van der Waals surface area (Å²) in [5.74, 6) is -2.18. The minimum absolute atomic E-state index is 0.807. The van der Waals surface area contributed by atoms with E-state index in [1.54, 1.807) is 0 Å². The van der Waals surface area contributed by atoms with Crippen LogP contribution < -0.4 is 0 Å². The van der Waals surface area contributed by atoms with Crippen molar-refractivity contribution in [2.75, 3.05) is 21.3 Å². The van der Waals surface area contributed by atoms with E-state index in [1.807, 2.05) is 0 Å². The van der Waals surface area contributed by atoms with Gasteiger partial charge in [0.1, 0.15) is 11.5 Å². The third kappa shape index (κ3) is 2.51. The zero-order valence-corrected chi connectivity index (χ0v) is 9.86. The van der Waals surface area contributed by atoms with Crippen LogP contribution in [0.4, 0.5) is 0 Å². The molecule has 0 N–H and O–H groups in total. The molecule has 0 aliphatic rings. The van der Waals surface area contributed by atoms with Crippen molar-refractivity contribution in [1.82, 2.24) is 0 Å². The summed E-state index contributed by atoms with van der Waals surface area (Å²) in [6.07, 6.45) is 0. The minimum Gasteiger partial charge on any atom is -0.468 e. The lowest BCUT2D eigenvalue weighted by molar-refractivity contribution is -0.166. The predicted octanol–water partition coefficient (Wildman–Crippen LogP) is -0.730. The quantitative estimate of drug-likeness (QED) is 0.211. The summed E-state index contributed by atoms with van der Waals surface area (Å²) >= 11 is 0. The Labute approximate surface area is 97.3 Å². The van der Waals surface area contributed by atoms with E-state index in [9.17, 15) is 19.2 Å². The number of hydrogen-bond donors (Lipinski definition) is 0. The van der Waals surface area contributed by atoms with Gasteiger partial charge in [-0.3, -0.25) is 9.59 Å². The molecule has 0 aliphatic carbocycles. The number of carbonyl (C=O) groups is 3. The molecule has 94 valence electrons.